The number of pyridine rings is 1. The van der Waals surface area contributed by atoms with Crippen molar-refractivity contribution in [3.8, 4) is 33.5 Å². The summed E-state index contributed by atoms with van der Waals surface area (Å²) in [5.41, 5.74) is 12.9. The Hall–Kier alpha value is -5.87. The third-order valence-corrected chi connectivity index (χ3v) is 8.65. The highest BCUT2D eigenvalue weighted by Crippen LogP contribution is 2.50. The second kappa shape index (κ2) is 9.85. The molecule has 0 bridgehead atoms. The van der Waals surface area contributed by atoms with Gasteiger partial charge in [0.25, 0.3) is 0 Å². The van der Waals surface area contributed by atoms with E-state index in [1.54, 1.807) is 0 Å². The van der Waals surface area contributed by atoms with E-state index in [-0.39, 0.29) is 0 Å². The average Bonchev–Trinajstić information content (AvgIpc) is 3.43. The molecule has 0 saturated carbocycles. The molecular weight excluding hydrogens is 538 g/mol. The predicted octanol–water partition coefficient (Wildman–Crippen LogP) is 9.96. The van der Waals surface area contributed by atoms with Crippen LogP contribution in [0.25, 0.3) is 61.0 Å². The van der Waals surface area contributed by atoms with Gasteiger partial charge in [0.1, 0.15) is 11.3 Å². The van der Waals surface area contributed by atoms with Gasteiger partial charge < -0.3 is 14.6 Å². The fourth-order valence-corrected chi connectivity index (χ4v) is 6.63. The van der Waals surface area contributed by atoms with E-state index in [1.165, 1.54) is 0 Å². The maximum Gasteiger partial charge on any atom is 0.145 e. The number of hydrogen-bond donors (Lipinski definition) is 1. The van der Waals surface area contributed by atoms with Gasteiger partial charge in [-0.25, -0.2) is 4.98 Å². The van der Waals surface area contributed by atoms with Crippen molar-refractivity contribution in [3.63, 3.8) is 0 Å². The summed E-state index contributed by atoms with van der Waals surface area (Å²) in [5.74, 6) is 0.907. The van der Waals surface area contributed by atoms with E-state index in [0.29, 0.717) is 6.54 Å². The molecule has 0 amide bonds. The van der Waals surface area contributed by atoms with Gasteiger partial charge in [0.15, 0.2) is 0 Å². The van der Waals surface area contributed by atoms with Crippen LogP contribution in [0.1, 0.15) is 5.76 Å². The minimum atomic E-state index is 0.662. The molecule has 208 valence electrons. The molecule has 2 aliphatic rings. The number of furan rings is 1. The molecule has 0 radical (unpaired) electrons. The fraction of sp³-hybridized carbons (Fsp3) is 0.0250. The topological polar surface area (TPSA) is 41.3 Å². The highest BCUT2D eigenvalue weighted by molar-refractivity contribution is 6.08. The van der Waals surface area contributed by atoms with Crippen molar-refractivity contribution in [1.82, 2.24) is 10.3 Å². The first-order valence-corrected chi connectivity index (χ1v) is 14.9. The number of benzene rings is 5. The summed E-state index contributed by atoms with van der Waals surface area (Å²) in [4.78, 5) is 7.51. The number of fused-ring (bicyclic) bond motifs is 7. The molecular formula is C40H27N3O. The number of hydrogen-bond acceptors (Lipinski definition) is 4. The van der Waals surface area contributed by atoms with Gasteiger partial charge >= 0.3 is 0 Å². The van der Waals surface area contributed by atoms with E-state index in [9.17, 15) is 0 Å². The number of allylic oxidation sites excluding steroid dienone is 2. The Morgan fingerprint density at radius 3 is 2.43 bits per heavy atom. The highest BCUT2D eigenvalue weighted by Gasteiger charge is 2.32. The summed E-state index contributed by atoms with van der Waals surface area (Å²) in [7, 11) is 0. The van der Waals surface area contributed by atoms with Gasteiger partial charge in [-0.1, -0.05) is 91.0 Å². The van der Waals surface area contributed by atoms with Crippen molar-refractivity contribution in [2.24, 2.45) is 0 Å². The Kier molecular flexibility index (Phi) is 5.53. The second-order valence-electron chi connectivity index (χ2n) is 11.3. The molecule has 4 heterocycles. The van der Waals surface area contributed by atoms with Crippen LogP contribution in [0.15, 0.2) is 156 Å². The lowest BCUT2D eigenvalue weighted by Crippen LogP contribution is -2.27. The zero-order valence-corrected chi connectivity index (χ0v) is 23.9. The molecule has 4 nitrogen and oxygen atoms in total. The molecule has 0 spiro atoms. The lowest BCUT2D eigenvalue weighted by Gasteiger charge is -2.31. The van der Waals surface area contributed by atoms with Gasteiger partial charge in [-0.2, -0.15) is 0 Å². The van der Waals surface area contributed by atoms with Gasteiger partial charge in [-0.05, 0) is 65.9 Å². The maximum atomic E-state index is 6.63. The van der Waals surface area contributed by atoms with Crippen LogP contribution in [0.4, 0.5) is 11.4 Å². The molecule has 1 N–H and O–H groups in total. The number of rotatable bonds is 3. The monoisotopic (exact) mass is 565 g/mol. The summed E-state index contributed by atoms with van der Waals surface area (Å²) in [5, 5.41) is 5.74. The van der Waals surface area contributed by atoms with Gasteiger partial charge in [0.2, 0.25) is 0 Å². The summed E-state index contributed by atoms with van der Waals surface area (Å²) in [6, 6.07) is 47.0. The number of dihydropyridines is 1. The minimum absolute atomic E-state index is 0.662. The minimum Gasteiger partial charge on any atom is -0.455 e. The van der Waals surface area contributed by atoms with Crippen LogP contribution in [-0.2, 0) is 0 Å². The Labute approximate surface area is 255 Å². The van der Waals surface area contributed by atoms with E-state index >= 15 is 0 Å². The van der Waals surface area contributed by atoms with Crippen molar-refractivity contribution in [2.75, 3.05) is 11.4 Å². The quantitative estimate of drug-likeness (QED) is 0.231. The van der Waals surface area contributed by atoms with Gasteiger partial charge in [-0.3, -0.25) is 0 Å². The first-order chi connectivity index (χ1) is 21.8. The first kappa shape index (κ1) is 24.7. The Balaban J connectivity index is 1.33. The van der Waals surface area contributed by atoms with Crippen molar-refractivity contribution in [1.29, 1.82) is 0 Å². The van der Waals surface area contributed by atoms with Crippen LogP contribution in [0.5, 0.6) is 0 Å². The number of para-hydroxylation sites is 3. The van der Waals surface area contributed by atoms with Crippen LogP contribution in [0.3, 0.4) is 0 Å². The third kappa shape index (κ3) is 3.89. The summed E-state index contributed by atoms with van der Waals surface area (Å²) in [6.45, 7) is 0.662. The number of anilines is 2. The summed E-state index contributed by atoms with van der Waals surface area (Å²) >= 11 is 0. The SMILES string of the molecule is C1=CC2=C(CN1)N(c1cc(-c3ccccc3)cc(-c3ccc4ccccc4n3)c1)c1ccccc1-c1c2oc2ccccc12. The van der Waals surface area contributed by atoms with Gasteiger partial charge in [-0.15, -0.1) is 0 Å². The standard InChI is InChI=1S/C40H27N3O/c1-2-10-26(11-3-1)28-22-29(35-19-18-27-12-4-7-15-34(27)42-35)24-30(23-28)43-36-16-8-5-13-31(36)39-33-14-6-9-17-38(33)44-40(39)32-20-21-41-25-37(32)43/h1-24,41H,25H2. The Morgan fingerprint density at radius 2 is 1.48 bits per heavy atom. The van der Waals surface area contributed by atoms with E-state index in [2.05, 4.69) is 138 Å². The Morgan fingerprint density at radius 1 is 0.682 bits per heavy atom. The molecule has 0 aliphatic carbocycles. The molecule has 5 aromatic carbocycles. The smallest absolute Gasteiger partial charge is 0.145 e. The number of nitrogens with one attached hydrogen (secondary N) is 1. The fourth-order valence-electron chi connectivity index (χ4n) is 6.63. The maximum absolute atomic E-state index is 6.63. The van der Waals surface area contributed by atoms with E-state index in [0.717, 1.165) is 83.8 Å². The molecule has 0 saturated heterocycles. The lowest BCUT2D eigenvalue weighted by atomic mass is 9.97. The molecule has 9 rings (SSSR count). The molecule has 0 unspecified atom stereocenters. The first-order valence-electron chi connectivity index (χ1n) is 14.9. The zero-order valence-electron chi connectivity index (χ0n) is 23.9. The van der Waals surface area contributed by atoms with Gasteiger partial charge in [0.05, 0.1) is 29.1 Å². The molecule has 4 heteroatoms. The number of nitrogens with zero attached hydrogens (tertiary/aromatic N) is 2. The summed E-state index contributed by atoms with van der Waals surface area (Å²) < 4.78 is 6.63. The van der Waals surface area contributed by atoms with E-state index < -0.39 is 0 Å². The molecule has 44 heavy (non-hydrogen) atoms. The second-order valence-corrected chi connectivity index (χ2v) is 11.3. The molecule has 7 aromatic rings. The lowest BCUT2D eigenvalue weighted by molar-refractivity contribution is 0.600. The van der Waals surface area contributed by atoms with Crippen molar-refractivity contribution < 1.29 is 4.42 Å². The normalized spacial score (nSPS) is 13.8. The van der Waals surface area contributed by atoms with Crippen LogP contribution in [0, 0.1) is 0 Å². The van der Waals surface area contributed by atoms with E-state index in [4.69, 9.17) is 9.40 Å². The number of aromatic nitrogens is 1. The highest BCUT2D eigenvalue weighted by atomic mass is 16.3. The molecule has 2 aromatic heterocycles. The van der Waals surface area contributed by atoms with Crippen LogP contribution in [-0.4, -0.2) is 11.5 Å². The van der Waals surface area contributed by atoms with Crippen molar-refractivity contribution in [3.05, 3.63) is 157 Å². The zero-order chi connectivity index (χ0) is 29.0. The predicted molar refractivity (Wildman–Crippen MR) is 180 cm³/mol. The van der Waals surface area contributed by atoms with E-state index in [1.807, 2.05) is 18.3 Å². The van der Waals surface area contributed by atoms with Crippen molar-refractivity contribution in [2.45, 2.75) is 0 Å². The Bertz CT molecular complexity index is 2290. The largest absolute Gasteiger partial charge is 0.455 e. The molecule has 0 fully saturated rings. The van der Waals surface area contributed by atoms with Gasteiger partial charge in [0, 0.05) is 38.7 Å². The third-order valence-electron chi connectivity index (χ3n) is 8.65. The van der Waals surface area contributed by atoms with Crippen LogP contribution < -0.4 is 10.2 Å². The van der Waals surface area contributed by atoms with Crippen LogP contribution in [0.2, 0.25) is 0 Å². The molecule has 0 atom stereocenters. The average molecular weight is 566 g/mol. The van der Waals surface area contributed by atoms with Crippen LogP contribution >= 0.6 is 0 Å². The van der Waals surface area contributed by atoms with Crippen molar-refractivity contribution >= 4 is 38.8 Å². The summed E-state index contributed by atoms with van der Waals surface area (Å²) in [6.07, 6.45) is 4.17. The molecule has 2 aliphatic heterocycles.